The molecule has 2 atom stereocenters. The van der Waals surface area contributed by atoms with Crippen LogP contribution in [0.2, 0.25) is 0 Å². The smallest absolute Gasteiger partial charge is 0.389 e. The maximum absolute atomic E-state index is 13.2. The highest BCUT2D eigenvalue weighted by molar-refractivity contribution is 5.82. The van der Waals surface area contributed by atoms with E-state index in [4.69, 9.17) is 4.74 Å². The summed E-state index contributed by atoms with van der Waals surface area (Å²) in [5.74, 6) is -1.13. The van der Waals surface area contributed by atoms with Crippen molar-refractivity contribution in [2.75, 3.05) is 20.2 Å². The Hall–Kier alpha value is -2.55. The van der Waals surface area contributed by atoms with Crippen LogP contribution in [0.3, 0.4) is 0 Å². The fourth-order valence-electron chi connectivity index (χ4n) is 5.82. The molecule has 0 bridgehead atoms. The first-order valence-electron chi connectivity index (χ1n) is 11.7. The van der Waals surface area contributed by atoms with Gasteiger partial charge in [-0.3, -0.25) is 9.59 Å². The Morgan fingerprint density at radius 1 is 1.21 bits per heavy atom. The van der Waals surface area contributed by atoms with E-state index in [2.05, 4.69) is 0 Å². The van der Waals surface area contributed by atoms with Crippen molar-refractivity contribution in [2.45, 2.75) is 63.8 Å². The lowest BCUT2D eigenvalue weighted by molar-refractivity contribution is -0.172. The Bertz CT molecular complexity index is 1120. The van der Waals surface area contributed by atoms with Gasteiger partial charge in [-0.05, 0) is 42.8 Å². The Labute approximate surface area is 196 Å². The number of piperidine rings is 1. The normalized spacial score (nSPS) is 23.4. The number of halogens is 3. The minimum absolute atomic E-state index is 0.0686. The SMILES string of the molecule is COc1ccc2ccn(CC3(O)CCN(C(=O)C(C)CC(F)(F)F)CC34CCCC4)c(=O)c2c1. The molecule has 1 saturated heterocycles. The molecule has 1 aromatic carbocycles. The zero-order valence-electron chi connectivity index (χ0n) is 19.5. The molecule has 1 aromatic heterocycles. The summed E-state index contributed by atoms with van der Waals surface area (Å²) in [7, 11) is 1.53. The van der Waals surface area contributed by atoms with Crippen molar-refractivity contribution < 1.29 is 27.8 Å². The molecule has 2 aliphatic rings. The first-order valence-corrected chi connectivity index (χ1v) is 11.7. The number of alkyl halides is 3. The maximum Gasteiger partial charge on any atom is 0.389 e. The Morgan fingerprint density at radius 2 is 1.91 bits per heavy atom. The van der Waals surface area contributed by atoms with Crippen LogP contribution in [0.1, 0.15) is 45.4 Å². The van der Waals surface area contributed by atoms with Crippen molar-refractivity contribution in [1.29, 1.82) is 0 Å². The molecule has 2 heterocycles. The van der Waals surface area contributed by atoms with Crippen molar-refractivity contribution in [3.63, 3.8) is 0 Å². The lowest BCUT2D eigenvalue weighted by atomic mass is 9.65. The average molecular weight is 481 g/mol. The molecule has 0 radical (unpaired) electrons. The number of aliphatic hydroxyl groups is 1. The van der Waals surface area contributed by atoms with Gasteiger partial charge in [-0.1, -0.05) is 25.8 Å². The number of carbonyl (C=O) groups excluding carboxylic acids is 1. The van der Waals surface area contributed by atoms with E-state index in [1.54, 1.807) is 24.4 Å². The first-order chi connectivity index (χ1) is 16.0. The lowest BCUT2D eigenvalue weighted by Crippen LogP contribution is -2.62. The molecule has 34 heavy (non-hydrogen) atoms. The van der Waals surface area contributed by atoms with Gasteiger partial charge in [-0.15, -0.1) is 0 Å². The molecule has 2 unspecified atom stereocenters. The predicted molar refractivity (Wildman–Crippen MR) is 122 cm³/mol. The second kappa shape index (κ2) is 8.91. The fraction of sp³-hybridized carbons (Fsp3) is 0.600. The number of amides is 1. The largest absolute Gasteiger partial charge is 0.497 e. The number of hydrogen-bond acceptors (Lipinski definition) is 4. The van der Waals surface area contributed by atoms with Gasteiger partial charge < -0.3 is 19.3 Å². The number of aromatic nitrogens is 1. The van der Waals surface area contributed by atoms with Crippen molar-refractivity contribution in [3.8, 4) is 5.75 Å². The fourth-order valence-corrected chi connectivity index (χ4v) is 5.82. The molecular weight excluding hydrogens is 449 g/mol. The summed E-state index contributed by atoms with van der Waals surface area (Å²) < 4.78 is 45.3. The maximum atomic E-state index is 13.2. The van der Waals surface area contributed by atoms with E-state index in [0.717, 1.165) is 18.2 Å². The van der Waals surface area contributed by atoms with E-state index in [1.165, 1.54) is 23.5 Å². The Balaban J connectivity index is 1.61. The van der Waals surface area contributed by atoms with Crippen LogP contribution in [0, 0.1) is 11.3 Å². The highest BCUT2D eigenvalue weighted by Crippen LogP contribution is 2.51. The van der Waals surface area contributed by atoms with E-state index in [1.807, 2.05) is 6.07 Å². The molecule has 1 spiro atoms. The summed E-state index contributed by atoms with van der Waals surface area (Å²) in [6.07, 6.45) is -0.625. The molecule has 1 aliphatic heterocycles. The van der Waals surface area contributed by atoms with Gasteiger partial charge in [0.05, 0.1) is 31.1 Å². The van der Waals surface area contributed by atoms with Crippen molar-refractivity contribution in [1.82, 2.24) is 9.47 Å². The van der Waals surface area contributed by atoms with E-state index in [0.29, 0.717) is 24.0 Å². The summed E-state index contributed by atoms with van der Waals surface area (Å²) in [5.41, 5.74) is -2.14. The standard InChI is InChI=1S/C25H31F3N2O4/c1-17(14-25(26,27)28)21(31)30-12-10-24(33,23(15-30)8-3-4-9-23)16-29-11-7-18-5-6-19(34-2)13-20(18)22(29)32/h5-7,11,13,17,33H,3-4,8-10,12,14-16H2,1-2H3. The van der Waals surface area contributed by atoms with Crippen LogP contribution in [0.15, 0.2) is 35.3 Å². The van der Waals surface area contributed by atoms with Gasteiger partial charge in [0.15, 0.2) is 0 Å². The number of pyridine rings is 1. The van der Waals surface area contributed by atoms with E-state index in [-0.39, 0.29) is 31.6 Å². The number of fused-ring (bicyclic) bond motifs is 1. The highest BCUT2D eigenvalue weighted by Gasteiger charge is 2.56. The molecule has 2 fully saturated rings. The zero-order valence-corrected chi connectivity index (χ0v) is 19.5. The van der Waals surface area contributed by atoms with Gasteiger partial charge in [0, 0.05) is 30.6 Å². The minimum Gasteiger partial charge on any atom is -0.497 e. The number of rotatable bonds is 5. The third kappa shape index (κ3) is 4.54. The van der Waals surface area contributed by atoms with Crippen LogP contribution < -0.4 is 10.3 Å². The van der Waals surface area contributed by atoms with Crippen molar-refractivity contribution >= 4 is 16.7 Å². The number of carbonyl (C=O) groups is 1. The lowest BCUT2D eigenvalue weighted by Gasteiger charge is -2.52. The number of nitrogens with zero attached hydrogens (tertiary/aromatic N) is 2. The molecular formula is C25H31F3N2O4. The molecule has 1 amide bonds. The quantitative estimate of drug-likeness (QED) is 0.699. The van der Waals surface area contributed by atoms with Crippen LogP contribution in [-0.2, 0) is 11.3 Å². The zero-order chi connectivity index (χ0) is 24.7. The van der Waals surface area contributed by atoms with Gasteiger partial charge >= 0.3 is 6.18 Å². The monoisotopic (exact) mass is 480 g/mol. The van der Waals surface area contributed by atoms with Crippen LogP contribution in [-0.4, -0.2) is 52.5 Å². The first kappa shape index (κ1) is 24.6. The van der Waals surface area contributed by atoms with Gasteiger partial charge in [-0.25, -0.2) is 0 Å². The molecule has 186 valence electrons. The van der Waals surface area contributed by atoms with Crippen LogP contribution in [0.5, 0.6) is 5.75 Å². The third-order valence-electron chi connectivity index (χ3n) is 7.73. The molecule has 9 heteroatoms. The van der Waals surface area contributed by atoms with Crippen molar-refractivity contribution in [2.24, 2.45) is 11.3 Å². The summed E-state index contributed by atoms with van der Waals surface area (Å²) in [6.45, 7) is 1.75. The molecule has 1 aliphatic carbocycles. The summed E-state index contributed by atoms with van der Waals surface area (Å²) in [6, 6.07) is 7.07. The molecule has 6 nitrogen and oxygen atoms in total. The minimum atomic E-state index is -4.41. The Kier molecular flexibility index (Phi) is 6.44. The number of likely N-dealkylation sites (tertiary alicyclic amines) is 1. The summed E-state index contributed by atoms with van der Waals surface area (Å²) >= 11 is 0. The molecule has 1 saturated carbocycles. The molecule has 1 N–H and O–H groups in total. The number of benzene rings is 1. The van der Waals surface area contributed by atoms with E-state index >= 15 is 0 Å². The second-order valence-electron chi connectivity index (χ2n) is 9.95. The van der Waals surface area contributed by atoms with Gasteiger partial charge in [0.25, 0.3) is 5.56 Å². The molecule has 2 aromatic rings. The summed E-state index contributed by atoms with van der Waals surface area (Å²) in [4.78, 5) is 27.5. The third-order valence-corrected chi connectivity index (χ3v) is 7.73. The van der Waals surface area contributed by atoms with Gasteiger partial charge in [0.2, 0.25) is 5.91 Å². The Morgan fingerprint density at radius 3 is 2.56 bits per heavy atom. The van der Waals surface area contributed by atoms with E-state index in [9.17, 15) is 27.9 Å². The number of hydrogen-bond donors (Lipinski definition) is 1. The van der Waals surface area contributed by atoms with E-state index < -0.39 is 35.4 Å². The second-order valence-corrected chi connectivity index (χ2v) is 9.95. The van der Waals surface area contributed by atoms with Crippen LogP contribution >= 0.6 is 0 Å². The van der Waals surface area contributed by atoms with Crippen molar-refractivity contribution in [3.05, 3.63) is 40.8 Å². The van der Waals surface area contributed by atoms with Gasteiger partial charge in [0.1, 0.15) is 5.75 Å². The number of ether oxygens (including phenoxy) is 1. The topological polar surface area (TPSA) is 71.8 Å². The van der Waals surface area contributed by atoms with Crippen LogP contribution in [0.4, 0.5) is 13.2 Å². The average Bonchev–Trinajstić information content (AvgIpc) is 3.26. The van der Waals surface area contributed by atoms with Gasteiger partial charge in [-0.2, -0.15) is 13.2 Å². The summed E-state index contributed by atoms with van der Waals surface area (Å²) in [5, 5.41) is 13.1. The highest BCUT2D eigenvalue weighted by atomic mass is 19.4. The van der Waals surface area contributed by atoms with Crippen LogP contribution in [0.25, 0.3) is 10.8 Å². The molecule has 4 rings (SSSR count). The predicted octanol–water partition coefficient (Wildman–Crippen LogP) is 4.12. The number of methoxy groups -OCH3 is 1.